The molecule has 3 nitrogen and oxygen atoms in total. The van der Waals surface area contributed by atoms with E-state index in [1.54, 1.807) is 12.1 Å². The maximum absolute atomic E-state index is 14.5. The summed E-state index contributed by atoms with van der Waals surface area (Å²) in [5.74, 6) is -2.68. The molecule has 0 unspecified atom stereocenters. The molecule has 1 saturated carbocycles. The van der Waals surface area contributed by atoms with Gasteiger partial charge in [-0.3, -0.25) is 0 Å². The quantitative estimate of drug-likeness (QED) is 0.202. The largest absolute Gasteiger partial charge is 0.490 e. The first-order valence-electron chi connectivity index (χ1n) is 11.8. The molecule has 32 heavy (non-hydrogen) atoms. The number of halogens is 2. The molecule has 0 aromatic heterocycles. The Bertz CT molecular complexity index is 858. The van der Waals surface area contributed by atoms with E-state index in [0.717, 1.165) is 44.9 Å². The van der Waals surface area contributed by atoms with Crippen molar-refractivity contribution in [1.82, 2.24) is 0 Å². The molecule has 2 aromatic carbocycles. The lowest BCUT2D eigenvalue weighted by Gasteiger charge is -2.21. The average molecular weight is 444 g/mol. The SMILES string of the molecule is CCCCCCCCOc1ccc(C(=O)Oc2ccc(C3CC[CH]CC3)cc2)c(F)c1F. The van der Waals surface area contributed by atoms with Gasteiger partial charge in [0, 0.05) is 0 Å². The number of esters is 1. The molecule has 1 radical (unpaired) electrons. The first-order chi connectivity index (χ1) is 15.6. The van der Waals surface area contributed by atoms with Crippen LogP contribution in [-0.4, -0.2) is 12.6 Å². The van der Waals surface area contributed by atoms with Crippen LogP contribution >= 0.6 is 0 Å². The van der Waals surface area contributed by atoms with E-state index in [1.165, 1.54) is 37.0 Å². The molecule has 0 spiro atoms. The molecule has 5 heteroatoms. The fourth-order valence-electron chi connectivity index (χ4n) is 4.10. The Morgan fingerprint density at radius 1 is 0.906 bits per heavy atom. The molecule has 0 N–H and O–H groups in total. The van der Waals surface area contributed by atoms with Crippen molar-refractivity contribution in [3.8, 4) is 11.5 Å². The summed E-state index contributed by atoms with van der Waals surface area (Å²) in [5.41, 5.74) is 0.767. The van der Waals surface area contributed by atoms with Crippen LogP contribution in [0.15, 0.2) is 36.4 Å². The van der Waals surface area contributed by atoms with Crippen molar-refractivity contribution < 1.29 is 23.0 Å². The second kappa shape index (κ2) is 12.6. The van der Waals surface area contributed by atoms with E-state index in [2.05, 4.69) is 13.3 Å². The highest BCUT2D eigenvalue weighted by molar-refractivity contribution is 5.91. The zero-order valence-electron chi connectivity index (χ0n) is 18.9. The van der Waals surface area contributed by atoms with E-state index in [9.17, 15) is 13.6 Å². The van der Waals surface area contributed by atoms with Crippen LogP contribution in [0.25, 0.3) is 0 Å². The lowest BCUT2D eigenvalue weighted by atomic mass is 9.84. The van der Waals surface area contributed by atoms with Crippen molar-refractivity contribution in [2.45, 2.75) is 77.0 Å². The molecule has 0 bridgehead atoms. The minimum Gasteiger partial charge on any atom is -0.490 e. The molecule has 1 aliphatic rings. The number of ether oxygens (including phenoxy) is 2. The third kappa shape index (κ3) is 6.78. The van der Waals surface area contributed by atoms with Crippen LogP contribution < -0.4 is 9.47 Å². The van der Waals surface area contributed by atoms with Gasteiger partial charge in [0.2, 0.25) is 5.82 Å². The maximum atomic E-state index is 14.5. The predicted molar refractivity (Wildman–Crippen MR) is 122 cm³/mol. The Balaban J connectivity index is 1.53. The van der Waals surface area contributed by atoms with Gasteiger partial charge < -0.3 is 9.47 Å². The summed E-state index contributed by atoms with van der Waals surface area (Å²) in [7, 11) is 0. The van der Waals surface area contributed by atoms with Crippen molar-refractivity contribution >= 4 is 5.97 Å². The molecule has 0 saturated heterocycles. The van der Waals surface area contributed by atoms with E-state index < -0.39 is 23.2 Å². The van der Waals surface area contributed by atoms with Gasteiger partial charge in [-0.1, -0.05) is 51.2 Å². The summed E-state index contributed by atoms with van der Waals surface area (Å²) < 4.78 is 39.5. The van der Waals surface area contributed by atoms with Gasteiger partial charge in [-0.2, -0.15) is 4.39 Å². The Morgan fingerprint density at radius 3 is 2.31 bits per heavy atom. The summed E-state index contributed by atoms with van der Waals surface area (Å²) in [6.45, 7) is 2.48. The predicted octanol–water partition coefficient (Wildman–Crippen LogP) is 7.79. The lowest BCUT2D eigenvalue weighted by Crippen LogP contribution is -2.13. The smallest absolute Gasteiger partial charge is 0.346 e. The summed E-state index contributed by atoms with van der Waals surface area (Å²) in [5, 5.41) is 0. The van der Waals surface area contributed by atoms with Crippen LogP contribution in [0.3, 0.4) is 0 Å². The second-order valence-corrected chi connectivity index (χ2v) is 8.45. The number of carbonyl (C=O) groups excluding carboxylic acids is 1. The van der Waals surface area contributed by atoms with Gasteiger partial charge in [-0.25, -0.2) is 9.18 Å². The van der Waals surface area contributed by atoms with Gasteiger partial charge in [0.1, 0.15) is 5.75 Å². The fourth-order valence-corrected chi connectivity index (χ4v) is 4.10. The van der Waals surface area contributed by atoms with E-state index >= 15 is 0 Å². The van der Waals surface area contributed by atoms with Gasteiger partial charge in [-0.05, 0) is 74.3 Å². The molecule has 0 amide bonds. The van der Waals surface area contributed by atoms with Crippen molar-refractivity contribution in [1.29, 1.82) is 0 Å². The van der Waals surface area contributed by atoms with Gasteiger partial charge in [-0.15, -0.1) is 0 Å². The Labute approximate surface area is 190 Å². The van der Waals surface area contributed by atoms with Crippen LogP contribution in [0.4, 0.5) is 8.78 Å². The van der Waals surface area contributed by atoms with Crippen LogP contribution in [-0.2, 0) is 0 Å². The molecule has 3 rings (SSSR count). The fraction of sp³-hybridized carbons (Fsp3) is 0.481. The molecule has 1 aliphatic carbocycles. The first-order valence-corrected chi connectivity index (χ1v) is 11.8. The normalized spacial score (nSPS) is 14.3. The third-order valence-corrected chi connectivity index (χ3v) is 6.02. The number of benzene rings is 2. The minimum absolute atomic E-state index is 0.179. The highest BCUT2D eigenvalue weighted by Crippen LogP contribution is 2.33. The molecule has 1 fully saturated rings. The maximum Gasteiger partial charge on any atom is 0.346 e. The number of hydrogen-bond donors (Lipinski definition) is 0. The van der Waals surface area contributed by atoms with Crippen LogP contribution in [0, 0.1) is 18.1 Å². The monoisotopic (exact) mass is 443 g/mol. The second-order valence-electron chi connectivity index (χ2n) is 8.45. The summed E-state index contributed by atoms with van der Waals surface area (Å²) in [6.07, 6.45) is 13.2. The van der Waals surface area contributed by atoms with E-state index in [-0.39, 0.29) is 5.75 Å². The molecular weight excluding hydrogens is 410 g/mol. The van der Waals surface area contributed by atoms with Gasteiger partial charge in [0.25, 0.3) is 0 Å². The average Bonchev–Trinajstić information content (AvgIpc) is 2.82. The summed E-state index contributed by atoms with van der Waals surface area (Å²) >= 11 is 0. The van der Waals surface area contributed by atoms with Crippen LogP contribution in [0.2, 0.25) is 0 Å². The highest BCUT2D eigenvalue weighted by atomic mass is 19.2. The summed E-state index contributed by atoms with van der Waals surface area (Å²) in [4.78, 5) is 12.4. The van der Waals surface area contributed by atoms with Crippen LogP contribution in [0.5, 0.6) is 11.5 Å². The molecule has 0 heterocycles. The Morgan fingerprint density at radius 2 is 1.59 bits per heavy atom. The van der Waals surface area contributed by atoms with Gasteiger partial charge in [0.05, 0.1) is 12.2 Å². The van der Waals surface area contributed by atoms with Crippen molar-refractivity contribution in [3.63, 3.8) is 0 Å². The first kappa shape index (κ1) is 24.2. The van der Waals surface area contributed by atoms with Crippen molar-refractivity contribution in [2.24, 2.45) is 0 Å². The van der Waals surface area contributed by atoms with E-state index in [4.69, 9.17) is 9.47 Å². The Kier molecular flexibility index (Phi) is 9.51. The van der Waals surface area contributed by atoms with E-state index in [1.807, 2.05) is 12.1 Å². The zero-order valence-corrected chi connectivity index (χ0v) is 18.9. The van der Waals surface area contributed by atoms with Gasteiger partial charge in [0.15, 0.2) is 11.6 Å². The molecule has 173 valence electrons. The Hall–Kier alpha value is -2.43. The van der Waals surface area contributed by atoms with Gasteiger partial charge >= 0.3 is 5.97 Å². The van der Waals surface area contributed by atoms with Crippen molar-refractivity contribution in [2.75, 3.05) is 6.61 Å². The van der Waals surface area contributed by atoms with Crippen molar-refractivity contribution in [3.05, 3.63) is 65.6 Å². The zero-order chi connectivity index (χ0) is 22.8. The number of hydrogen-bond acceptors (Lipinski definition) is 3. The molecule has 2 aromatic rings. The number of unbranched alkanes of at least 4 members (excludes halogenated alkanes) is 5. The van der Waals surface area contributed by atoms with E-state index in [0.29, 0.717) is 18.3 Å². The highest BCUT2D eigenvalue weighted by Gasteiger charge is 2.21. The van der Waals surface area contributed by atoms with Crippen LogP contribution in [0.1, 0.15) is 93.0 Å². The number of rotatable bonds is 11. The third-order valence-electron chi connectivity index (χ3n) is 6.02. The standard InChI is InChI=1S/C27H33F2O3/c1-2-3-4-5-6-10-19-31-24-18-17-23(25(28)26(24)29)27(30)32-22-15-13-21(14-16-22)20-11-8-7-9-12-20/h7,13-18,20H,2-6,8-12,19H2,1H3. The summed E-state index contributed by atoms with van der Waals surface area (Å²) in [6, 6.07) is 9.79. The molecular formula is C27H33F2O3. The lowest BCUT2D eigenvalue weighted by molar-refractivity contribution is 0.0728. The molecule has 0 aliphatic heterocycles. The topological polar surface area (TPSA) is 35.5 Å². The number of carbonyl (C=O) groups is 1. The molecule has 0 atom stereocenters. The minimum atomic E-state index is -1.24.